The van der Waals surface area contributed by atoms with E-state index in [0.29, 0.717) is 17.1 Å². The molecule has 1 amide bonds. The fourth-order valence-electron chi connectivity index (χ4n) is 2.19. The fourth-order valence-corrected chi connectivity index (χ4v) is 2.36. The Bertz CT molecular complexity index is 803. The molecular formula is C15H14ClN5O. The van der Waals surface area contributed by atoms with Gasteiger partial charge in [-0.15, -0.1) is 0 Å². The number of pyridine rings is 1. The lowest BCUT2D eigenvalue weighted by Gasteiger charge is -2.13. The van der Waals surface area contributed by atoms with Gasteiger partial charge in [0.1, 0.15) is 12.7 Å². The maximum Gasteiger partial charge on any atom is 0.252 e. The van der Waals surface area contributed by atoms with Gasteiger partial charge in [-0.05, 0) is 31.2 Å². The number of amides is 1. The first-order valence-electron chi connectivity index (χ1n) is 6.82. The zero-order chi connectivity index (χ0) is 15.5. The minimum Gasteiger partial charge on any atom is -0.350 e. The van der Waals surface area contributed by atoms with E-state index in [2.05, 4.69) is 20.4 Å². The molecule has 0 aliphatic rings. The number of fused-ring (bicyclic) bond motifs is 1. The SMILES string of the molecule is C[C@@H](CNC(=O)c1ccnc2ccc(Cl)cc12)n1cncn1. The van der Waals surface area contributed by atoms with Gasteiger partial charge in [-0.1, -0.05) is 11.6 Å². The van der Waals surface area contributed by atoms with Gasteiger partial charge in [0, 0.05) is 23.2 Å². The van der Waals surface area contributed by atoms with Crippen LogP contribution in [0.3, 0.4) is 0 Å². The van der Waals surface area contributed by atoms with Crippen LogP contribution < -0.4 is 5.32 Å². The minimum atomic E-state index is -0.165. The lowest BCUT2D eigenvalue weighted by Crippen LogP contribution is -2.30. The third kappa shape index (κ3) is 2.92. The third-order valence-electron chi connectivity index (χ3n) is 3.39. The number of nitrogens with zero attached hydrogens (tertiary/aromatic N) is 4. The smallest absolute Gasteiger partial charge is 0.252 e. The highest BCUT2D eigenvalue weighted by atomic mass is 35.5. The van der Waals surface area contributed by atoms with E-state index in [4.69, 9.17) is 11.6 Å². The summed E-state index contributed by atoms with van der Waals surface area (Å²) >= 11 is 6.01. The highest BCUT2D eigenvalue weighted by Gasteiger charge is 2.13. The zero-order valence-electron chi connectivity index (χ0n) is 11.9. The van der Waals surface area contributed by atoms with E-state index in [1.165, 1.54) is 6.33 Å². The summed E-state index contributed by atoms with van der Waals surface area (Å²) < 4.78 is 1.70. The second kappa shape index (κ2) is 6.11. The van der Waals surface area contributed by atoms with Crippen LogP contribution in [0.15, 0.2) is 43.1 Å². The molecule has 3 aromatic rings. The molecule has 0 spiro atoms. The lowest BCUT2D eigenvalue weighted by atomic mass is 10.1. The molecule has 2 aromatic heterocycles. The van der Waals surface area contributed by atoms with Crippen molar-refractivity contribution < 1.29 is 4.79 Å². The lowest BCUT2D eigenvalue weighted by molar-refractivity contribution is 0.0949. The molecule has 0 saturated heterocycles. The molecule has 0 bridgehead atoms. The van der Waals surface area contributed by atoms with Gasteiger partial charge in [0.2, 0.25) is 0 Å². The van der Waals surface area contributed by atoms with Gasteiger partial charge in [0.15, 0.2) is 0 Å². The van der Waals surface area contributed by atoms with Gasteiger partial charge >= 0.3 is 0 Å². The van der Waals surface area contributed by atoms with Gasteiger partial charge in [0.25, 0.3) is 5.91 Å². The number of carbonyl (C=O) groups excluding carboxylic acids is 1. The number of rotatable bonds is 4. The van der Waals surface area contributed by atoms with E-state index in [-0.39, 0.29) is 11.9 Å². The summed E-state index contributed by atoms with van der Waals surface area (Å²) in [5.74, 6) is -0.165. The zero-order valence-corrected chi connectivity index (χ0v) is 12.7. The van der Waals surface area contributed by atoms with Crippen molar-refractivity contribution in [1.82, 2.24) is 25.1 Å². The van der Waals surface area contributed by atoms with E-state index in [1.807, 2.05) is 6.92 Å². The van der Waals surface area contributed by atoms with Gasteiger partial charge in [-0.3, -0.25) is 9.78 Å². The maximum absolute atomic E-state index is 12.4. The van der Waals surface area contributed by atoms with E-state index in [1.54, 1.807) is 41.5 Å². The Morgan fingerprint density at radius 1 is 1.41 bits per heavy atom. The highest BCUT2D eigenvalue weighted by Crippen LogP contribution is 2.21. The van der Waals surface area contributed by atoms with Gasteiger partial charge in [-0.25, -0.2) is 9.67 Å². The summed E-state index contributed by atoms with van der Waals surface area (Å²) in [6.45, 7) is 2.41. The molecule has 2 heterocycles. The number of hydrogen-bond donors (Lipinski definition) is 1. The molecule has 22 heavy (non-hydrogen) atoms. The molecule has 6 nitrogen and oxygen atoms in total. The summed E-state index contributed by atoms with van der Waals surface area (Å²) in [6, 6.07) is 7.01. The Kier molecular flexibility index (Phi) is 4.02. The Balaban J connectivity index is 1.79. The second-order valence-electron chi connectivity index (χ2n) is 4.95. The van der Waals surface area contributed by atoms with Crippen molar-refractivity contribution in [2.24, 2.45) is 0 Å². The third-order valence-corrected chi connectivity index (χ3v) is 3.63. The molecule has 1 N–H and O–H groups in total. The number of aromatic nitrogens is 4. The van der Waals surface area contributed by atoms with Crippen LogP contribution >= 0.6 is 11.6 Å². The van der Waals surface area contributed by atoms with E-state index < -0.39 is 0 Å². The number of nitrogens with one attached hydrogen (secondary N) is 1. The van der Waals surface area contributed by atoms with Crippen molar-refractivity contribution in [3.63, 3.8) is 0 Å². The molecule has 0 aliphatic heterocycles. The summed E-state index contributed by atoms with van der Waals surface area (Å²) in [6.07, 6.45) is 4.71. The molecule has 0 fully saturated rings. The summed E-state index contributed by atoms with van der Waals surface area (Å²) in [5, 5.41) is 8.27. The van der Waals surface area contributed by atoms with Crippen LogP contribution in [0.5, 0.6) is 0 Å². The highest BCUT2D eigenvalue weighted by molar-refractivity contribution is 6.31. The Morgan fingerprint density at radius 2 is 2.27 bits per heavy atom. The van der Waals surface area contributed by atoms with Crippen LogP contribution in [-0.2, 0) is 0 Å². The molecule has 3 rings (SSSR count). The fraction of sp³-hybridized carbons (Fsp3) is 0.200. The van der Waals surface area contributed by atoms with Crippen LogP contribution in [0.25, 0.3) is 10.9 Å². The molecule has 7 heteroatoms. The standard InChI is InChI=1S/C15H14ClN5O/c1-10(21-9-17-8-20-21)7-19-15(22)12-4-5-18-14-3-2-11(16)6-13(12)14/h2-6,8-10H,7H2,1H3,(H,19,22)/t10-/m0/s1. The van der Waals surface area contributed by atoms with E-state index in [0.717, 1.165) is 10.9 Å². The molecular weight excluding hydrogens is 302 g/mol. The largest absolute Gasteiger partial charge is 0.350 e. The number of halogens is 1. The topological polar surface area (TPSA) is 72.7 Å². The summed E-state index contributed by atoms with van der Waals surface area (Å²) in [7, 11) is 0. The van der Waals surface area contributed by atoms with Crippen molar-refractivity contribution >= 4 is 28.4 Å². The van der Waals surface area contributed by atoms with Crippen molar-refractivity contribution in [3.8, 4) is 0 Å². The van der Waals surface area contributed by atoms with E-state index in [9.17, 15) is 4.79 Å². The van der Waals surface area contributed by atoms with Crippen LogP contribution in [0.4, 0.5) is 0 Å². The van der Waals surface area contributed by atoms with Crippen molar-refractivity contribution in [1.29, 1.82) is 0 Å². The maximum atomic E-state index is 12.4. The van der Waals surface area contributed by atoms with Gasteiger partial charge in [-0.2, -0.15) is 5.10 Å². The van der Waals surface area contributed by atoms with Crippen LogP contribution in [0, 0.1) is 0 Å². The monoisotopic (exact) mass is 315 g/mol. The Hall–Kier alpha value is -2.47. The summed E-state index contributed by atoms with van der Waals surface area (Å²) in [5.41, 5.74) is 1.29. The normalized spacial score (nSPS) is 12.3. The van der Waals surface area contributed by atoms with Crippen LogP contribution in [0.1, 0.15) is 23.3 Å². The predicted molar refractivity (Wildman–Crippen MR) is 83.8 cm³/mol. The minimum absolute atomic E-state index is 0.0168. The second-order valence-corrected chi connectivity index (χ2v) is 5.39. The summed E-state index contributed by atoms with van der Waals surface area (Å²) in [4.78, 5) is 20.6. The quantitative estimate of drug-likeness (QED) is 0.802. The number of hydrogen-bond acceptors (Lipinski definition) is 4. The number of carbonyl (C=O) groups is 1. The first-order chi connectivity index (χ1) is 10.6. The average Bonchev–Trinajstić information content (AvgIpc) is 3.06. The predicted octanol–water partition coefficient (Wildman–Crippen LogP) is 2.47. The van der Waals surface area contributed by atoms with Gasteiger partial charge < -0.3 is 5.32 Å². The first-order valence-corrected chi connectivity index (χ1v) is 7.19. The molecule has 0 radical (unpaired) electrons. The Morgan fingerprint density at radius 3 is 3.05 bits per heavy atom. The van der Waals surface area contributed by atoms with Crippen molar-refractivity contribution in [2.45, 2.75) is 13.0 Å². The molecule has 0 aliphatic carbocycles. The molecule has 112 valence electrons. The van der Waals surface area contributed by atoms with Crippen LogP contribution in [-0.4, -0.2) is 32.2 Å². The van der Waals surface area contributed by atoms with Crippen LogP contribution in [0.2, 0.25) is 5.02 Å². The average molecular weight is 316 g/mol. The first kappa shape index (κ1) is 14.5. The molecule has 1 aromatic carbocycles. The van der Waals surface area contributed by atoms with Crippen molar-refractivity contribution in [3.05, 3.63) is 53.7 Å². The molecule has 1 atom stereocenters. The van der Waals surface area contributed by atoms with E-state index >= 15 is 0 Å². The van der Waals surface area contributed by atoms with Crippen molar-refractivity contribution in [2.75, 3.05) is 6.54 Å². The number of benzene rings is 1. The Labute approximate surface area is 132 Å². The van der Waals surface area contributed by atoms with Gasteiger partial charge in [0.05, 0.1) is 17.1 Å². The molecule has 0 unspecified atom stereocenters. The molecule has 0 saturated carbocycles.